The lowest BCUT2D eigenvalue weighted by Crippen LogP contribution is -2.37. The Balaban J connectivity index is 2.33. The lowest BCUT2D eigenvalue weighted by molar-refractivity contribution is -0.144. The molecule has 0 amide bonds. The molecule has 0 aromatic carbocycles. The van der Waals surface area contributed by atoms with Crippen LogP contribution >= 0.6 is 11.8 Å². The quantitative estimate of drug-likeness (QED) is 0.742. The van der Waals surface area contributed by atoms with Crippen molar-refractivity contribution in [3.8, 4) is 0 Å². The number of hydrogen-bond acceptors (Lipinski definition) is 5. The summed E-state index contributed by atoms with van der Waals surface area (Å²) >= 11 is 1.71. The van der Waals surface area contributed by atoms with Crippen LogP contribution in [0.15, 0.2) is 4.99 Å². The minimum absolute atomic E-state index is 0.222. The molecule has 0 spiro atoms. The molecule has 1 aliphatic heterocycles. The van der Waals surface area contributed by atoms with Crippen molar-refractivity contribution in [3.63, 3.8) is 0 Å². The summed E-state index contributed by atoms with van der Waals surface area (Å²) in [5, 5.41) is 4.49. The maximum Gasteiger partial charge on any atom is 0.328 e. The number of carbonyl (C=O) groups is 1. The van der Waals surface area contributed by atoms with E-state index in [1.54, 1.807) is 25.6 Å². The summed E-state index contributed by atoms with van der Waals surface area (Å²) in [5.74, 6) is -0.222. The Morgan fingerprint density at radius 1 is 1.73 bits per heavy atom. The Bertz CT molecular complexity index is 256. The smallest absolute Gasteiger partial charge is 0.328 e. The fraction of sp³-hybridized carbons (Fsp3) is 0.800. The zero-order valence-corrected chi connectivity index (χ0v) is 10.3. The molecular formula is C10H18N2O2S. The zero-order chi connectivity index (χ0) is 11.3. The third-order valence-corrected chi connectivity index (χ3v) is 3.44. The van der Waals surface area contributed by atoms with Crippen molar-refractivity contribution in [1.29, 1.82) is 0 Å². The van der Waals surface area contributed by atoms with Gasteiger partial charge >= 0.3 is 5.97 Å². The van der Waals surface area contributed by atoms with Crippen LogP contribution in [0.25, 0.3) is 0 Å². The van der Waals surface area contributed by atoms with E-state index >= 15 is 0 Å². The van der Waals surface area contributed by atoms with Crippen LogP contribution in [-0.2, 0) is 9.53 Å². The second kappa shape index (κ2) is 6.00. The number of nitrogens with one attached hydrogen (secondary N) is 1. The molecular weight excluding hydrogens is 212 g/mol. The molecule has 0 fully saturated rings. The van der Waals surface area contributed by atoms with Crippen LogP contribution in [0.3, 0.4) is 0 Å². The zero-order valence-electron chi connectivity index (χ0n) is 9.45. The molecule has 2 unspecified atom stereocenters. The molecule has 1 aliphatic rings. The van der Waals surface area contributed by atoms with Gasteiger partial charge in [-0.05, 0) is 20.3 Å². The van der Waals surface area contributed by atoms with Crippen molar-refractivity contribution in [3.05, 3.63) is 0 Å². The van der Waals surface area contributed by atoms with E-state index in [1.807, 2.05) is 0 Å². The first-order chi connectivity index (χ1) is 7.17. The van der Waals surface area contributed by atoms with Crippen molar-refractivity contribution in [2.75, 3.05) is 13.2 Å². The van der Waals surface area contributed by atoms with Gasteiger partial charge in [-0.25, -0.2) is 4.79 Å². The minimum Gasteiger partial charge on any atom is -0.464 e. The highest BCUT2D eigenvalue weighted by Gasteiger charge is 2.21. The van der Waals surface area contributed by atoms with Crippen molar-refractivity contribution in [1.82, 2.24) is 5.32 Å². The van der Waals surface area contributed by atoms with E-state index in [0.29, 0.717) is 11.9 Å². The van der Waals surface area contributed by atoms with Crippen molar-refractivity contribution < 1.29 is 9.53 Å². The predicted octanol–water partition coefficient (Wildman–Crippen LogP) is 1.41. The molecule has 1 N–H and O–H groups in total. The van der Waals surface area contributed by atoms with E-state index in [0.717, 1.165) is 18.1 Å². The van der Waals surface area contributed by atoms with Crippen LogP contribution in [0, 0.1) is 0 Å². The molecule has 15 heavy (non-hydrogen) atoms. The summed E-state index contributed by atoms with van der Waals surface area (Å²) < 4.78 is 4.90. The average molecular weight is 230 g/mol. The monoisotopic (exact) mass is 230 g/mol. The van der Waals surface area contributed by atoms with Gasteiger partial charge in [0.25, 0.3) is 0 Å². The molecule has 1 heterocycles. The van der Waals surface area contributed by atoms with Gasteiger partial charge in [-0.3, -0.25) is 4.99 Å². The topological polar surface area (TPSA) is 50.7 Å². The van der Waals surface area contributed by atoms with Gasteiger partial charge in [-0.15, -0.1) is 0 Å². The highest BCUT2D eigenvalue weighted by molar-refractivity contribution is 8.14. The molecule has 0 aliphatic carbocycles. The Morgan fingerprint density at radius 2 is 2.47 bits per heavy atom. The fourth-order valence-electron chi connectivity index (χ4n) is 1.22. The Morgan fingerprint density at radius 3 is 3.00 bits per heavy atom. The van der Waals surface area contributed by atoms with E-state index in [-0.39, 0.29) is 12.0 Å². The second-order valence-electron chi connectivity index (χ2n) is 3.41. The van der Waals surface area contributed by atoms with Crippen molar-refractivity contribution in [2.45, 2.75) is 38.5 Å². The second-order valence-corrected chi connectivity index (χ2v) is 4.70. The first kappa shape index (κ1) is 12.4. The molecule has 4 nitrogen and oxygen atoms in total. The molecule has 0 aromatic rings. The van der Waals surface area contributed by atoms with Gasteiger partial charge in [0, 0.05) is 5.25 Å². The number of carbonyl (C=O) groups excluding carboxylic acids is 1. The van der Waals surface area contributed by atoms with Gasteiger partial charge in [0.1, 0.15) is 6.04 Å². The number of nitrogens with zero attached hydrogens (tertiary/aromatic N) is 1. The van der Waals surface area contributed by atoms with Crippen LogP contribution in [0.1, 0.15) is 27.2 Å². The number of esters is 1. The van der Waals surface area contributed by atoms with Crippen molar-refractivity contribution in [2.24, 2.45) is 4.99 Å². The predicted molar refractivity (Wildman–Crippen MR) is 63.2 cm³/mol. The summed E-state index contributed by atoms with van der Waals surface area (Å²) in [6, 6.07) is -0.313. The van der Waals surface area contributed by atoms with Crippen LogP contribution < -0.4 is 5.32 Å². The fourth-order valence-corrected chi connectivity index (χ4v) is 2.25. The van der Waals surface area contributed by atoms with Gasteiger partial charge in [-0.2, -0.15) is 0 Å². The third-order valence-electron chi connectivity index (χ3n) is 2.15. The normalized spacial score (nSPS) is 22.1. The molecule has 1 rings (SSSR count). The van der Waals surface area contributed by atoms with Gasteiger partial charge < -0.3 is 10.1 Å². The van der Waals surface area contributed by atoms with E-state index in [9.17, 15) is 4.79 Å². The Kier molecular flexibility index (Phi) is 4.94. The summed E-state index contributed by atoms with van der Waals surface area (Å²) in [4.78, 5) is 15.7. The van der Waals surface area contributed by atoms with Gasteiger partial charge in [0.2, 0.25) is 0 Å². The summed E-state index contributed by atoms with van der Waals surface area (Å²) in [6.07, 6.45) is 1.10. The van der Waals surface area contributed by atoms with Crippen LogP contribution in [0.4, 0.5) is 0 Å². The maximum atomic E-state index is 11.3. The number of hydrogen-bond donors (Lipinski definition) is 1. The van der Waals surface area contributed by atoms with E-state index in [4.69, 9.17) is 4.74 Å². The first-order valence-electron chi connectivity index (χ1n) is 5.31. The lowest BCUT2D eigenvalue weighted by atomic mass is 10.3. The largest absolute Gasteiger partial charge is 0.464 e. The molecule has 2 atom stereocenters. The molecule has 0 saturated heterocycles. The number of amidine groups is 1. The van der Waals surface area contributed by atoms with Gasteiger partial charge in [0.15, 0.2) is 5.17 Å². The molecule has 86 valence electrons. The van der Waals surface area contributed by atoms with Crippen molar-refractivity contribution >= 4 is 22.9 Å². The number of thioether (sulfide) groups is 1. The van der Waals surface area contributed by atoms with Crippen LogP contribution in [-0.4, -0.2) is 35.6 Å². The van der Waals surface area contributed by atoms with Crippen LogP contribution in [0.5, 0.6) is 0 Å². The highest BCUT2D eigenvalue weighted by atomic mass is 32.2. The van der Waals surface area contributed by atoms with Crippen LogP contribution in [0.2, 0.25) is 0 Å². The maximum absolute atomic E-state index is 11.3. The lowest BCUT2D eigenvalue weighted by Gasteiger charge is -2.13. The van der Waals surface area contributed by atoms with E-state index in [2.05, 4.69) is 17.2 Å². The van der Waals surface area contributed by atoms with E-state index < -0.39 is 0 Å². The first-order valence-corrected chi connectivity index (χ1v) is 6.19. The molecule has 0 radical (unpaired) electrons. The number of rotatable bonds is 4. The summed E-state index contributed by atoms with van der Waals surface area (Å²) in [7, 11) is 0. The van der Waals surface area contributed by atoms with E-state index in [1.165, 1.54) is 0 Å². The highest BCUT2D eigenvalue weighted by Crippen LogP contribution is 2.22. The number of ether oxygens (including phenoxy) is 1. The minimum atomic E-state index is -0.313. The number of aliphatic imine (C=N–C) groups is 1. The third kappa shape index (κ3) is 3.74. The molecule has 5 heteroatoms. The Hall–Kier alpha value is -0.710. The summed E-state index contributed by atoms with van der Waals surface area (Å²) in [6.45, 7) is 7.01. The molecule has 0 bridgehead atoms. The molecule has 0 saturated carbocycles. The standard InChI is InChI=1S/C10H18N2O2S/c1-4-8-6-11-10(15-8)12-7(3)9(13)14-5-2/h7-8H,4-6H2,1-3H3,(H,11,12). The summed E-state index contributed by atoms with van der Waals surface area (Å²) in [5.41, 5.74) is 0. The molecule has 0 aromatic heterocycles. The van der Waals surface area contributed by atoms with Gasteiger partial charge in [-0.1, -0.05) is 18.7 Å². The SMILES string of the molecule is CCOC(=O)C(C)NC1=NCC(CC)S1. The van der Waals surface area contributed by atoms with Gasteiger partial charge in [0.05, 0.1) is 13.2 Å². The Labute approximate surface area is 94.9 Å². The average Bonchev–Trinajstić information content (AvgIpc) is 2.66.